The number of hydrogen-bond acceptors (Lipinski definition) is 5. The summed E-state index contributed by atoms with van der Waals surface area (Å²) < 4.78 is 52.4. The Balaban J connectivity index is 2.84. The maximum absolute atomic E-state index is 14.3. The first-order valence-electron chi connectivity index (χ1n) is 7.75. The topological polar surface area (TPSA) is 114 Å². The smallest absolute Gasteiger partial charge is 0.273 e. The van der Waals surface area contributed by atoms with Crippen LogP contribution >= 0.6 is 0 Å². The van der Waals surface area contributed by atoms with Gasteiger partial charge in [-0.05, 0) is 45.2 Å². The predicted octanol–water partition coefficient (Wildman–Crippen LogP) is 1.53. The average Bonchev–Trinajstić information content (AvgIpc) is 2.58. The molecule has 0 fully saturated rings. The van der Waals surface area contributed by atoms with Crippen molar-refractivity contribution >= 4 is 15.9 Å². The number of nitrogens with zero attached hydrogens (tertiary/aromatic N) is 1. The zero-order chi connectivity index (χ0) is 20.8. The minimum absolute atomic E-state index is 0.00943. The van der Waals surface area contributed by atoms with Gasteiger partial charge in [0.25, 0.3) is 5.91 Å². The van der Waals surface area contributed by atoms with Gasteiger partial charge >= 0.3 is 0 Å². The minimum Gasteiger partial charge on any atom is -0.325 e. The number of sulfonamides is 1. The number of pyridine rings is 1. The molecule has 0 aromatic carbocycles. The molecule has 0 aliphatic heterocycles. The molecule has 1 rings (SSSR count). The highest BCUT2D eigenvalue weighted by atomic mass is 32.2. The molecule has 1 aromatic rings. The monoisotopic (exact) mass is 400 g/mol. The summed E-state index contributed by atoms with van der Waals surface area (Å²) in [5.74, 6) is -2.56. The van der Waals surface area contributed by atoms with E-state index in [1.165, 1.54) is 33.0 Å². The molecule has 1 heterocycles. The van der Waals surface area contributed by atoms with Gasteiger partial charge in [0.2, 0.25) is 10.0 Å². The van der Waals surface area contributed by atoms with E-state index in [2.05, 4.69) is 21.6 Å². The molecule has 0 saturated carbocycles. The molecule has 27 heavy (non-hydrogen) atoms. The number of carbonyl (C=O) groups excluding carboxylic acids is 1. The van der Waals surface area contributed by atoms with E-state index >= 15 is 0 Å². The Hall–Kier alpha value is -2.43. The zero-order valence-electron chi connectivity index (χ0n) is 15.2. The van der Waals surface area contributed by atoms with Crippen molar-refractivity contribution in [1.29, 1.82) is 0 Å². The summed E-state index contributed by atoms with van der Waals surface area (Å²) in [5.41, 5.74) is 4.39. The fourth-order valence-electron chi connectivity index (χ4n) is 1.92. The van der Waals surface area contributed by atoms with Gasteiger partial charge < -0.3 is 11.1 Å². The van der Waals surface area contributed by atoms with Gasteiger partial charge in [-0.1, -0.05) is 6.58 Å². The number of carbonyl (C=O) groups is 1. The van der Waals surface area contributed by atoms with E-state index in [9.17, 15) is 22.0 Å². The summed E-state index contributed by atoms with van der Waals surface area (Å²) in [6.45, 7) is 6.36. The number of rotatable bonds is 8. The van der Waals surface area contributed by atoms with Gasteiger partial charge in [-0.25, -0.2) is 26.9 Å². The number of nitrogens with one attached hydrogen (secondary N) is 2. The van der Waals surface area contributed by atoms with Crippen molar-refractivity contribution in [2.24, 2.45) is 5.73 Å². The molecule has 4 N–H and O–H groups in total. The van der Waals surface area contributed by atoms with E-state index < -0.39 is 38.9 Å². The second-order valence-corrected chi connectivity index (χ2v) is 7.97. The number of aromatic nitrogens is 1. The molecule has 0 aliphatic carbocycles. The maximum atomic E-state index is 14.3. The quantitative estimate of drug-likeness (QED) is 0.573. The number of amides is 1. The average molecular weight is 400 g/mol. The molecule has 0 saturated heterocycles. The summed E-state index contributed by atoms with van der Waals surface area (Å²) in [6, 6.07) is 2.30. The lowest BCUT2D eigenvalue weighted by Crippen LogP contribution is -2.47. The van der Waals surface area contributed by atoms with Gasteiger partial charge in [0.15, 0.2) is 0 Å². The van der Waals surface area contributed by atoms with E-state index in [4.69, 9.17) is 5.73 Å². The second-order valence-electron chi connectivity index (χ2n) is 6.04. The molecule has 0 aliphatic rings. The molecule has 1 aromatic heterocycles. The molecule has 1 amide bonds. The van der Waals surface area contributed by atoms with E-state index in [0.29, 0.717) is 0 Å². The minimum atomic E-state index is -3.67. The lowest BCUT2D eigenvalue weighted by molar-refractivity contribution is 0.0961. The van der Waals surface area contributed by atoms with Crippen LogP contribution in [0.3, 0.4) is 0 Å². The Kier molecular flexibility index (Phi) is 7.52. The van der Waals surface area contributed by atoms with Gasteiger partial charge in [-0.2, -0.15) is 0 Å². The molecule has 0 spiro atoms. The van der Waals surface area contributed by atoms with E-state index in [0.717, 1.165) is 18.3 Å². The maximum Gasteiger partial charge on any atom is 0.273 e. The van der Waals surface area contributed by atoms with Crippen LogP contribution in [0.2, 0.25) is 0 Å². The van der Waals surface area contributed by atoms with E-state index in [1.807, 2.05) is 0 Å². The highest BCUT2D eigenvalue weighted by molar-refractivity contribution is 7.89. The van der Waals surface area contributed by atoms with Crippen LogP contribution in [0.15, 0.2) is 54.2 Å². The third kappa shape index (κ3) is 7.00. The summed E-state index contributed by atoms with van der Waals surface area (Å²) in [5, 5.41) is 2.46. The van der Waals surface area contributed by atoms with Crippen LogP contribution in [0.25, 0.3) is 0 Å². The van der Waals surface area contributed by atoms with Gasteiger partial charge in [0.1, 0.15) is 17.3 Å². The first-order chi connectivity index (χ1) is 12.4. The highest BCUT2D eigenvalue weighted by Gasteiger charge is 2.30. The zero-order valence-corrected chi connectivity index (χ0v) is 16.0. The van der Waals surface area contributed by atoms with Gasteiger partial charge in [0.05, 0.1) is 17.5 Å². The van der Waals surface area contributed by atoms with Crippen molar-refractivity contribution in [3.63, 3.8) is 0 Å². The van der Waals surface area contributed by atoms with Crippen molar-refractivity contribution in [3.8, 4) is 0 Å². The molecule has 0 bridgehead atoms. The Bertz CT molecular complexity index is 876. The van der Waals surface area contributed by atoms with Crippen molar-refractivity contribution in [2.75, 3.05) is 12.8 Å². The molecular formula is C17H22F2N4O3S. The molecular weight excluding hydrogens is 378 g/mol. The second kappa shape index (κ2) is 8.98. The van der Waals surface area contributed by atoms with Crippen LogP contribution in [0, 0.1) is 5.82 Å². The van der Waals surface area contributed by atoms with Crippen molar-refractivity contribution in [3.05, 3.63) is 65.7 Å². The molecule has 7 nitrogen and oxygen atoms in total. The standard InChI is InChI=1S/C17H22F2N4O3S/c1-11(23-16(24)15-8-6-13(18)9-22-15)5-7-14(19)12(2)17(3,20)10-27(25,26)21-4/h5-9,21H,2,10,20H2,1,3-4H3,(H,23,24)/b11-5+,14-7+. The number of allylic oxidation sites excluding steroid dienone is 3. The number of nitrogens with two attached hydrogens (primary N) is 1. The molecule has 10 heteroatoms. The summed E-state index contributed by atoms with van der Waals surface area (Å²) >= 11 is 0. The third-order valence-corrected chi connectivity index (χ3v) is 5.13. The van der Waals surface area contributed by atoms with Gasteiger partial charge in [0, 0.05) is 11.3 Å². The lowest BCUT2D eigenvalue weighted by atomic mass is 9.95. The van der Waals surface area contributed by atoms with Crippen molar-refractivity contribution < 1.29 is 22.0 Å². The van der Waals surface area contributed by atoms with Gasteiger partial charge in [-0.15, -0.1) is 0 Å². The molecule has 148 valence electrons. The Morgan fingerprint density at radius 3 is 2.56 bits per heavy atom. The first kappa shape index (κ1) is 22.6. The van der Waals surface area contributed by atoms with Crippen LogP contribution in [0.1, 0.15) is 24.3 Å². The van der Waals surface area contributed by atoms with Gasteiger partial charge in [-0.3, -0.25) is 4.79 Å². The normalized spacial score (nSPS) is 15.2. The van der Waals surface area contributed by atoms with E-state index in [-0.39, 0.29) is 17.0 Å². The lowest BCUT2D eigenvalue weighted by Gasteiger charge is -2.25. The Labute approximate surface area is 157 Å². The first-order valence-corrected chi connectivity index (χ1v) is 9.40. The van der Waals surface area contributed by atoms with Crippen LogP contribution in [0.4, 0.5) is 8.78 Å². The SMILES string of the molecule is C=C(/C(F)=C\C=C(/C)NC(=O)c1ccc(F)cn1)C(C)(N)CS(=O)(=O)NC. The molecule has 1 atom stereocenters. The van der Waals surface area contributed by atoms with Crippen LogP contribution in [-0.4, -0.2) is 37.6 Å². The summed E-state index contributed by atoms with van der Waals surface area (Å²) in [7, 11) is -2.45. The van der Waals surface area contributed by atoms with Crippen LogP contribution < -0.4 is 15.8 Å². The van der Waals surface area contributed by atoms with Crippen LogP contribution in [-0.2, 0) is 10.0 Å². The summed E-state index contributed by atoms with van der Waals surface area (Å²) in [4.78, 5) is 15.6. The number of hydrogen-bond donors (Lipinski definition) is 3. The molecule has 0 radical (unpaired) electrons. The van der Waals surface area contributed by atoms with Crippen molar-refractivity contribution in [2.45, 2.75) is 19.4 Å². The molecule has 1 unspecified atom stereocenters. The highest BCUT2D eigenvalue weighted by Crippen LogP contribution is 2.22. The predicted molar refractivity (Wildman–Crippen MR) is 99.2 cm³/mol. The van der Waals surface area contributed by atoms with E-state index in [1.54, 1.807) is 0 Å². The van der Waals surface area contributed by atoms with Crippen LogP contribution in [0.5, 0.6) is 0 Å². The third-order valence-electron chi connectivity index (χ3n) is 3.53. The largest absolute Gasteiger partial charge is 0.325 e. The number of halogens is 2. The summed E-state index contributed by atoms with van der Waals surface area (Å²) in [6.07, 6.45) is 3.16. The Morgan fingerprint density at radius 1 is 1.41 bits per heavy atom. The Morgan fingerprint density at radius 2 is 2.04 bits per heavy atom. The van der Waals surface area contributed by atoms with Crippen molar-refractivity contribution in [1.82, 2.24) is 15.0 Å². The fourth-order valence-corrected chi connectivity index (χ4v) is 3.03. The fraction of sp³-hybridized carbons (Fsp3) is 0.294.